The van der Waals surface area contributed by atoms with Crippen LogP contribution in [0.1, 0.15) is 55.9 Å². The summed E-state index contributed by atoms with van der Waals surface area (Å²) >= 11 is 0. The van der Waals surface area contributed by atoms with Gasteiger partial charge >= 0.3 is 0 Å². The summed E-state index contributed by atoms with van der Waals surface area (Å²) in [6, 6.07) is 7.70. The van der Waals surface area contributed by atoms with Gasteiger partial charge in [0.25, 0.3) is 11.5 Å². The first-order valence-corrected chi connectivity index (χ1v) is 9.51. The molecule has 2 aliphatic rings. The van der Waals surface area contributed by atoms with E-state index in [4.69, 9.17) is 0 Å². The number of rotatable bonds is 2. The molecule has 0 radical (unpaired) electrons. The molecule has 1 aliphatic heterocycles. The van der Waals surface area contributed by atoms with E-state index in [0.29, 0.717) is 35.0 Å². The number of aromatic nitrogens is 2. The van der Waals surface area contributed by atoms with Crippen molar-refractivity contribution >= 4 is 16.7 Å². The van der Waals surface area contributed by atoms with Gasteiger partial charge in [0, 0.05) is 24.5 Å². The summed E-state index contributed by atoms with van der Waals surface area (Å²) in [6.45, 7) is 3.16. The smallest absolute Gasteiger partial charge is 0.275 e. The number of benzene rings is 1. The molecule has 132 valence electrons. The Bertz CT molecular complexity index is 856. The van der Waals surface area contributed by atoms with Gasteiger partial charge in [-0.15, -0.1) is 0 Å². The highest BCUT2D eigenvalue weighted by atomic mass is 16.2. The molecule has 1 aliphatic carbocycles. The molecule has 0 spiro atoms. The zero-order valence-corrected chi connectivity index (χ0v) is 14.8. The second kappa shape index (κ2) is 6.62. The van der Waals surface area contributed by atoms with Crippen LogP contribution < -0.4 is 5.56 Å². The Kier molecular flexibility index (Phi) is 4.32. The lowest BCUT2D eigenvalue weighted by Crippen LogP contribution is -2.50. The van der Waals surface area contributed by atoms with E-state index in [2.05, 4.69) is 5.10 Å². The summed E-state index contributed by atoms with van der Waals surface area (Å²) in [5, 5.41) is 5.71. The maximum absolute atomic E-state index is 13.4. The number of amides is 1. The average Bonchev–Trinajstić information content (AvgIpc) is 2.67. The summed E-state index contributed by atoms with van der Waals surface area (Å²) in [4.78, 5) is 28.0. The van der Waals surface area contributed by atoms with Crippen molar-refractivity contribution in [3.8, 4) is 0 Å². The van der Waals surface area contributed by atoms with Crippen LogP contribution in [0.5, 0.6) is 0 Å². The van der Waals surface area contributed by atoms with E-state index in [1.54, 1.807) is 6.07 Å². The fourth-order valence-corrected chi connectivity index (χ4v) is 4.62. The van der Waals surface area contributed by atoms with Gasteiger partial charge < -0.3 is 4.90 Å². The fourth-order valence-electron chi connectivity index (χ4n) is 4.62. The highest BCUT2D eigenvalue weighted by Crippen LogP contribution is 2.36. The van der Waals surface area contributed by atoms with Crippen LogP contribution in [-0.2, 0) is 6.54 Å². The van der Waals surface area contributed by atoms with Crippen LogP contribution in [0, 0.1) is 5.92 Å². The minimum absolute atomic E-state index is 0.00463. The van der Waals surface area contributed by atoms with E-state index >= 15 is 0 Å². The first-order chi connectivity index (χ1) is 12.2. The quantitative estimate of drug-likeness (QED) is 0.844. The molecule has 2 atom stereocenters. The van der Waals surface area contributed by atoms with Crippen molar-refractivity contribution in [3.05, 3.63) is 40.3 Å². The van der Waals surface area contributed by atoms with Crippen LogP contribution in [0.2, 0.25) is 0 Å². The Morgan fingerprint density at radius 2 is 1.84 bits per heavy atom. The van der Waals surface area contributed by atoms with Crippen molar-refractivity contribution < 1.29 is 4.79 Å². The zero-order valence-electron chi connectivity index (χ0n) is 14.8. The molecule has 2 aromatic rings. The maximum atomic E-state index is 13.4. The second-order valence-corrected chi connectivity index (χ2v) is 7.27. The van der Waals surface area contributed by atoms with Gasteiger partial charge in [0.05, 0.1) is 5.39 Å². The lowest BCUT2D eigenvalue weighted by molar-refractivity contribution is 0.0385. The third-order valence-corrected chi connectivity index (χ3v) is 5.87. The second-order valence-electron chi connectivity index (χ2n) is 7.27. The normalized spacial score (nSPS) is 23.5. The van der Waals surface area contributed by atoms with Crippen molar-refractivity contribution in [2.24, 2.45) is 5.92 Å². The Hall–Kier alpha value is -2.17. The van der Waals surface area contributed by atoms with E-state index in [1.165, 1.54) is 30.4 Å². The van der Waals surface area contributed by atoms with Crippen LogP contribution in [0.4, 0.5) is 0 Å². The molecule has 1 amide bonds. The summed E-state index contributed by atoms with van der Waals surface area (Å²) < 4.78 is 1.41. The molecule has 5 nitrogen and oxygen atoms in total. The van der Waals surface area contributed by atoms with E-state index in [0.717, 1.165) is 19.4 Å². The molecular formula is C20H25N3O2. The predicted octanol–water partition coefficient (Wildman–Crippen LogP) is 3.21. The third kappa shape index (κ3) is 2.75. The first kappa shape index (κ1) is 16.3. The highest BCUT2D eigenvalue weighted by Gasteiger charge is 2.37. The van der Waals surface area contributed by atoms with Gasteiger partial charge in [0.1, 0.15) is 0 Å². The van der Waals surface area contributed by atoms with Crippen LogP contribution in [0.3, 0.4) is 0 Å². The molecule has 0 unspecified atom stereocenters. The van der Waals surface area contributed by atoms with Crippen molar-refractivity contribution in [2.45, 2.75) is 58.0 Å². The van der Waals surface area contributed by atoms with Gasteiger partial charge in [-0.05, 0) is 44.6 Å². The standard InChI is InChI=1S/C20H25N3O2/c1-2-23-19(24)16-11-5-4-10-15(16)18(21-23)20(25)22-13-7-9-14-8-3-6-12-17(14)22/h4-5,10-11,14,17H,2-3,6-9,12-13H2,1H3/t14-,17-/m0/s1. The van der Waals surface area contributed by atoms with Crippen LogP contribution >= 0.6 is 0 Å². The van der Waals surface area contributed by atoms with Gasteiger partial charge in [-0.1, -0.05) is 31.0 Å². The molecule has 1 saturated heterocycles. The van der Waals surface area contributed by atoms with E-state index in [-0.39, 0.29) is 11.5 Å². The Morgan fingerprint density at radius 3 is 2.64 bits per heavy atom. The van der Waals surface area contributed by atoms with Crippen LogP contribution in [0.25, 0.3) is 10.8 Å². The maximum Gasteiger partial charge on any atom is 0.275 e. The number of hydrogen-bond acceptors (Lipinski definition) is 3. The average molecular weight is 339 g/mol. The fraction of sp³-hybridized carbons (Fsp3) is 0.550. The largest absolute Gasteiger partial charge is 0.334 e. The number of hydrogen-bond donors (Lipinski definition) is 0. The summed E-state index contributed by atoms with van der Waals surface area (Å²) in [5.41, 5.74) is 0.312. The summed E-state index contributed by atoms with van der Waals surface area (Å²) in [6.07, 6.45) is 7.12. The van der Waals surface area contributed by atoms with Gasteiger partial charge in [0.2, 0.25) is 0 Å². The van der Waals surface area contributed by atoms with E-state index in [9.17, 15) is 9.59 Å². The SMILES string of the molecule is CCn1nc(C(=O)N2CCC[C@@H]3CCCC[C@@H]32)c2ccccc2c1=O. The van der Waals surface area contributed by atoms with E-state index in [1.807, 2.05) is 30.0 Å². The molecule has 2 heterocycles. The number of nitrogens with zero attached hydrogens (tertiary/aromatic N) is 3. The third-order valence-electron chi connectivity index (χ3n) is 5.87. The van der Waals surface area contributed by atoms with Gasteiger partial charge in [-0.25, -0.2) is 4.68 Å². The lowest BCUT2D eigenvalue weighted by atomic mass is 9.78. The van der Waals surface area contributed by atoms with Crippen LogP contribution in [0.15, 0.2) is 29.1 Å². The number of piperidine rings is 1. The molecule has 1 aromatic carbocycles. The molecule has 25 heavy (non-hydrogen) atoms. The summed E-state index contributed by atoms with van der Waals surface area (Å²) in [5.74, 6) is 0.629. The number of likely N-dealkylation sites (tertiary alicyclic amines) is 1. The van der Waals surface area contributed by atoms with Crippen molar-refractivity contribution in [1.82, 2.24) is 14.7 Å². The number of carbonyl (C=O) groups excluding carboxylic acids is 1. The predicted molar refractivity (Wildman–Crippen MR) is 97.7 cm³/mol. The molecule has 0 bridgehead atoms. The van der Waals surface area contributed by atoms with Gasteiger partial charge in [-0.3, -0.25) is 9.59 Å². The number of fused-ring (bicyclic) bond motifs is 2. The molecule has 2 fully saturated rings. The highest BCUT2D eigenvalue weighted by molar-refractivity contribution is 6.04. The number of aryl methyl sites for hydroxylation is 1. The minimum Gasteiger partial charge on any atom is -0.334 e. The summed E-state index contributed by atoms with van der Waals surface area (Å²) in [7, 11) is 0. The Labute approximate surface area is 147 Å². The monoisotopic (exact) mass is 339 g/mol. The van der Waals surface area contributed by atoms with Crippen LogP contribution in [-0.4, -0.2) is 33.2 Å². The van der Waals surface area contributed by atoms with E-state index < -0.39 is 0 Å². The molecule has 0 N–H and O–H groups in total. The Morgan fingerprint density at radius 1 is 1.12 bits per heavy atom. The molecule has 1 saturated carbocycles. The van der Waals surface area contributed by atoms with Crippen molar-refractivity contribution in [2.75, 3.05) is 6.54 Å². The number of carbonyl (C=O) groups is 1. The Balaban J connectivity index is 1.79. The first-order valence-electron chi connectivity index (χ1n) is 9.51. The van der Waals surface area contributed by atoms with Gasteiger partial charge in [-0.2, -0.15) is 5.10 Å². The van der Waals surface area contributed by atoms with Crippen molar-refractivity contribution in [1.29, 1.82) is 0 Å². The molecule has 4 rings (SSSR count). The van der Waals surface area contributed by atoms with Gasteiger partial charge in [0.15, 0.2) is 5.69 Å². The molecule has 5 heteroatoms. The molecule has 1 aromatic heterocycles. The lowest BCUT2D eigenvalue weighted by Gasteiger charge is -2.44. The minimum atomic E-state index is -0.121. The zero-order chi connectivity index (χ0) is 17.4. The van der Waals surface area contributed by atoms with Crippen molar-refractivity contribution in [3.63, 3.8) is 0 Å². The molecular weight excluding hydrogens is 314 g/mol. The topological polar surface area (TPSA) is 55.2 Å².